The molecule has 0 aromatic carbocycles. The number of hydrogen-bond donors (Lipinski definition) is 1. The Balaban J connectivity index is 2.26. The van der Waals surface area contributed by atoms with E-state index in [0.29, 0.717) is 24.3 Å². The highest BCUT2D eigenvalue weighted by atomic mass is 16.5. The highest BCUT2D eigenvalue weighted by Gasteiger charge is 2.26. The first-order valence-corrected chi connectivity index (χ1v) is 6.12. The number of aromatic nitrogens is 1. The summed E-state index contributed by atoms with van der Waals surface area (Å²) >= 11 is 0. The smallest absolute Gasteiger partial charge is 0.339 e. The molecule has 5 nitrogen and oxygen atoms in total. The monoisotopic (exact) mass is 248 g/mol. The molecule has 96 valence electrons. The van der Waals surface area contributed by atoms with Gasteiger partial charge in [0.25, 0.3) is 0 Å². The lowest BCUT2D eigenvalue weighted by Crippen LogP contribution is -2.30. The summed E-state index contributed by atoms with van der Waals surface area (Å²) in [7, 11) is 0. The number of carbonyl (C=O) groups excluding carboxylic acids is 2. The first-order chi connectivity index (χ1) is 8.65. The van der Waals surface area contributed by atoms with E-state index in [1.54, 1.807) is 13.0 Å². The molecule has 1 amide bonds. The van der Waals surface area contributed by atoms with Crippen molar-refractivity contribution in [1.29, 1.82) is 0 Å². The van der Waals surface area contributed by atoms with Gasteiger partial charge in [-0.15, -0.1) is 0 Å². The maximum absolute atomic E-state index is 11.7. The third-order valence-electron chi connectivity index (χ3n) is 3.04. The van der Waals surface area contributed by atoms with Crippen LogP contribution in [0, 0.1) is 5.92 Å². The quantitative estimate of drug-likeness (QED) is 0.828. The van der Waals surface area contributed by atoms with Crippen LogP contribution in [0.3, 0.4) is 0 Å². The van der Waals surface area contributed by atoms with Gasteiger partial charge in [-0.05, 0) is 19.4 Å². The number of esters is 1. The Hall–Kier alpha value is -1.91. The van der Waals surface area contributed by atoms with Crippen molar-refractivity contribution >= 4 is 17.6 Å². The molecule has 0 bridgehead atoms. The second kappa shape index (κ2) is 5.16. The van der Waals surface area contributed by atoms with Gasteiger partial charge in [-0.25, -0.2) is 4.79 Å². The van der Waals surface area contributed by atoms with Crippen molar-refractivity contribution < 1.29 is 14.3 Å². The zero-order chi connectivity index (χ0) is 13.1. The number of ether oxygens (including phenoxy) is 1. The maximum Gasteiger partial charge on any atom is 0.339 e. The number of amides is 1. The standard InChI is InChI=1S/C13H16N2O3/c1-3-8-5-10-11(15-12(8)16)6-9(7-14-10)13(17)18-4-2/h6-8H,3-5H2,1-2H3,(H,15,16). The minimum absolute atomic E-state index is 0.00666. The SMILES string of the molecule is CCOC(=O)c1cnc2c(c1)NC(=O)C(CC)C2. The minimum atomic E-state index is -0.417. The molecule has 0 saturated heterocycles. The van der Waals surface area contributed by atoms with E-state index in [-0.39, 0.29) is 11.8 Å². The Kier molecular flexibility index (Phi) is 3.60. The van der Waals surface area contributed by atoms with Crippen molar-refractivity contribution in [3.05, 3.63) is 23.5 Å². The second-order valence-corrected chi connectivity index (χ2v) is 4.24. The summed E-state index contributed by atoms with van der Waals surface area (Å²) in [6.07, 6.45) is 2.91. The molecule has 1 unspecified atom stereocenters. The number of nitrogens with one attached hydrogen (secondary N) is 1. The summed E-state index contributed by atoms with van der Waals surface area (Å²) in [4.78, 5) is 27.5. The Morgan fingerprint density at radius 1 is 1.56 bits per heavy atom. The average molecular weight is 248 g/mol. The van der Waals surface area contributed by atoms with Crippen molar-refractivity contribution in [2.24, 2.45) is 5.92 Å². The van der Waals surface area contributed by atoms with E-state index >= 15 is 0 Å². The molecule has 0 fully saturated rings. The van der Waals surface area contributed by atoms with Crippen LogP contribution in [0.25, 0.3) is 0 Å². The van der Waals surface area contributed by atoms with Gasteiger partial charge in [-0.3, -0.25) is 9.78 Å². The fourth-order valence-electron chi connectivity index (χ4n) is 1.98. The second-order valence-electron chi connectivity index (χ2n) is 4.24. The fraction of sp³-hybridized carbons (Fsp3) is 0.462. The average Bonchev–Trinajstić information content (AvgIpc) is 2.37. The summed E-state index contributed by atoms with van der Waals surface area (Å²) in [5.74, 6) is -0.453. The molecule has 5 heteroatoms. The van der Waals surface area contributed by atoms with Gasteiger partial charge in [0.05, 0.1) is 23.6 Å². The van der Waals surface area contributed by atoms with Crippen LogP contribution in [0.1, 0.15) is 36.3 Å². The molecule has 0 spiro atoms. The molecule has 1 atom stereocenters. The largest absolute Gasteiger partial charge is 0.462 e. The number of carbonyl (C=O) groups is 2. The van der Waals surface area contributed by atoms with E-state index in [4.69, 9.17) is 4.74 Å². The zero-order valence-corrected chi connectivity index (χ0v) is 10.5. The lowest BCUT2D eigenvalue weighted by Gasteiger charge is -2.23. The third kappa shape index (κ3) is 2.34. The number of pyridine rings is 1. The van der Waals surface area contributed by atoms with Gasteiger partial charge in [0.15, 0.2) is 0 Å². The van der Waals surface area contributed by atoms with Gasteiger partial charge in [-0.2, -0.15) is 0 Å². The number of hydrogen-bond acceptors (Lipinski definition) is 4. The van der Waals surface area contributed by atoms with Gasteiger partial charge in [-0.1, -0.05) is 6.92 Å². The predicted octanol–water partition coefficient (Wildman–Crippen LogP) is 1.78. The molecule has 2 rings (SSSR count). The molecular formula is C13H16N2O3. The van der Waals surface area contributed by atoms with E-state index < -0.39 is 5.97 Å². The summed E-state index contributed by atoms with van der Waals surface area (Å²) in [5.41, 5.74) is 1.82. The molecule has 1 N–H and O–H groups in total. The van der Waals surface area contributed by atoms with Gasteiger partial charge >= 0.3 is 5.97 Å². The molecule has 0 radical (unpaired) electrons. The van der Waals surface area contributed by atoms with Crippen molar-refractivity contribution in [2.75, 3.05) is 11.9 Å². The van der Waals surface area contributed by atoms with E-state index in [1.165, 1.54) is 6.20 Å². The highest BCUT2D eigenvalue weighted by Crippen LogP contribution is 2.26. The van der Waals surface area contributed by atoms with E-state index in [2.05, 4.69) is 10.3 Å². The number of anilines is 1. The molecule has 0 saturated carbocycles. The number of fused-ring (bicyclic) bond motifs is 1. The minimum Gasteiger partial charge on any atom is -0.462 e. The van der Waals surface area contributed by atoms with Crippen LogP contribution in [0.5, 0.6) is 0 Å². The molecule has 2 heterocycles. The van der Waals surface area contributed by atoms with Gasteiger partial charge < -0.3 is 10.1 Å². The van der Waals surface area contributed by atoms with E-state index in [0.717, 1.165) is 12.1 Å². The summed E-state index contributed by atoms with van der Waals surface area (Å²) in [5, 5.41) is 2.79. The molecule has 1 aliphatic heterocycles. The highest BCUT2D eigenvalue weighted by molar-refractivity contribution is 5.97. The van der Waals surface area contributed by atoms with Crippen LogP contribution in [0.2, 0.25) is 0 Å². The Morgan fingerprint density at radius 3 is 3.00 bits per heavy atom. The Bertz CT molecular complexity index is 485. The zero-order valence-electron chi connectivity index (χ0n) is 10.5. The lowest BCUT2D eigenvalue weighted by molar-refractivity contribution is -0.120. The van der Waals surface area contributed by atoms with Crippen LogP contribution in [-0.2, 0) is 16.0 Å². The summed E-state index contributed by atoms with van der Waals surface area (Å²) < 4.78 is 4.90. The topological polar surface area (TPSA) is 68.3 Å². The van der Waals surface area contributed by atoms with Gasteiger partial charge in [0.2, 0.25) is 5.91 Å². The van der Waals surface area contributed by atoms with Crippen molar-refractivity contribution in [3.63, 3.8) is 0 Å². The Morgan fingerprint density at radius 2 is 2.33 bits per heavy atom. The molecule has 18 heavy (non-hydrogen) atoms. The van der Waals surface area contributed by atoms with Crippen LogP contribution >= 0.6 is 0 Å². The molecule has 0 aliphatic carbocycles. The number of rotatable bonds is 3. The molecule has 1 aromatic heterocycles. The first kappa shape index (κ1) is 12.5. The third-order valence-corrected chi connectivity index (χ3v) is 3.04. The first-order valence-electron chi connectivity index (χ1n) is 6.12. The lowest BCUT2D eigenvalue weighted by atomic mass is 9.94. The summed E-state index contributed by atoms with van der Waals surface area (Å²) in [6, 6.07) is 1.63. The van der Waals surface area contributed by atoms with Crippen LogP contribution < -0.4 is 5.32 Å². The Labute approximate surface area is 106 Å². The van der Waals surface area contributed by atoms with E-state index in [9.17, 15) is 9.59 Å². The van der Waals surface area contributed by atoms with Crippen LogP contribution in [0.4, 0.5) is 5.69 Å². The molecule has 1 aliphatic rings. The normalized spacial score (nSPS) is 17.9. The van der Waals surface area contributed by atoms with Crippen molar-refractivity contribution in [2.45, 2.75) is 26.7 Å². The van der Waals surface area contributed by atoms with Crippen LogP contribution in [-0.4, -0.2) is 23.5 Å². The number of nitrogens with zero attached hydrogens (tertiary/aromatic N) is 1. The molecule has 1 aromatic rings. The van der Waals surface area contributed by atoms with E-state index in [1.807, 2.05) is 6.92 Å². The summed E-state index contributed by atoms with van der Waals surface area (Å²) in [6.45, 7) is 4.04. The molecular weight excluding hydrogens is 232 g/mol. The maximum atomic E-state index is 11.7. The van der Waals surface area contributed by atoms with Gasteiger partial charge in [0.1, 0.15) is 0 Å². The fourth-order valence-corrected chi connectivity index (χ4v) is 1.98. The predicted molar refractivity (Wildman–Crippen MR) is 66.3 cm³/mol. The van der Waals surface area contributed by atoms with Crippen molar-refractivity contribution in [3.8, 4) is 0 Å². The van der Waals surface area contributed by atoms with Gasteiger partial charge in [0, 0.05) is 18.5 Å². The van der Waals surface area contributed by atoms with Crippen LogP contribution in [0.15, 0.2) is 12.3 Å². The van der Waals surface area contributed by atoms with Crippen molar-refractivity contribution in [1.82, 2.24) is 4.98 Å².